The highest BCUT2D eigenvalue weighted by molar-refractivity contribution is 6.08. The number of carbonyl (C=O) groups is 1. The number of nitrogens with one attached hydrogen (secondary N) is 1. The summed E-state index contributed by atoms with van der Waals surface area (Å²) >= 11 is 0. The minimum absolute atomic E-state index is 0.262. The quantitative estimate of drug-likeness (QED) is 0.605. The van der Waals surface area contributed by atoms with Crippen molar-refractivity contribution in [1.82, 2.24) is 4.90 Å². The molecule has 0 saturated carbocycles. The van der Waals surface area contributed by atoms with Crippen molar-refractivity contribution in [3.05, 3.63) is 83.9 Å². The highest BCUT2D eigenvalue weighted by atomic mass is 16.5. The lowest BCUT2D eigenvalue weighted by atomic mass is 10.1. The van der Waals surface area contributed by atoms with Crippen LogP contribution < -0.4 is 19.7 Å². The second-order valence-corrected chi connectivity index (χ2v) is 7.79. The van der Waals surface area contributed by atoms with Crippen LogP contribution in [0.3, 0.4) is 0 Å². The fraction of sp³-hybridized carbons (Fsp3) is 0.269. The topological polar surface area (TPSA) is 54.0 Å². The van der Waals surface area contributed by atoms with Crippen LogP contribution in [0, 0.1) is 0 Å². The number of hydrogen-bond donors (Lipinski definition) is 1. The number of carbonyl (C=O) groups excluding carboxylic acids is 1. The van der Waals surface area contributed by atoms with Crippen LogP contribution in [0.15, 0.2) is 72.8 Å². The van der Waals surface area contributed by atoms with Crippen LogP contribution in [0.5, 0.6) is 11.5 Å². The van der Waals surface area contributed by atoms with E-state index in [0.717, 1.165) is 44.1 Å². The number of ether oxygens (including phenoxy) is 2. The third kappa shape index (κ3) is 5.03. The average Bonchev–Trinajstić information content (AvgIpc) is 2.85. The van der Waals surface area contributed by atoms with Crippen molar-refractivity contribution < 1.29 is 14.3 Å². The van der Waals surface area contributed by atoms with E-state index in [1.165, 1.54) is 5.56 Å². The van der Waals surface area contributed by atoms with E-state index in [9.17, 15) is 4.79 Å². The third-order valence-corrected chi connectivity index (χ3v) is 5.77. The molecule has 0 unspecified atom stereocenters. The molecule has 1 fully saturated rings. The van der Waals surface area contributed by atoms with Crippen molar-refractivity contribution in [2.75, 3.05) is 50.6 Å². The van der Waals surface area contributed by atoms with Crippen molar-refractivity contribution in [2.24, 2.45) is 0 Å². The van der Waals surface area contributed by atoms with Gasteiger partial charge in [0.15, 0.2) is 0 Å². The van der Waals surface area contributed by atoms with E-state index in [4.69, 9.17) is 9.47 Å². The maximum Gasteiger partial charge on any atom is 0.263 e. The maximum atomic E-state index is 12.9. The standard InChI is InChI=1S/C26H29N3O3/c1-31-23-9-6-10-24(32-2)25(23)26(30)27-21-11-13-22(14-12-21)29-17-15-28(16-18-29)19-20-7-4-3-5-8-20/h3-14H,15-19H2,1-2H3,(H,27,30). The first-order valence-corrected chi connectivity index (χ1v) is 10.8. The maximum absolute atomic E-state index is 12.9. The van der Waals surface area contributed by atoms with Gasteiger partial charge in [-0.1, -0.05) is 36.4 Å². The molecule has 32 heavy (non-hydrogen) atoms. The molecule has 1 amide bonds. The van der Waals surface area contributed by atoms with Crippen molar-refractivity contribution in [2.45, 2.75) is 6.54 Å². The predicted octanol–water partition coefficient (Wildman–Crippen LogP) is 4.28. The Morgan fingerprint density at radius 3 is 2.03 bits per heavy atom. The van der Waals surface area contributed by atoms with Crippen LogP contribution in [0.4, 0.5) is 11.4 Å². The molecule has 0 atom stereocenters. The lowest BCUT2D eigenvalue weighted by molar-refractivity contribution is 0.102. The molecule has 1 heterocycles. The van der Waals surface area contributed by atoms with Gasteiger partial charge in [0.1, 0.15) is 17.1 Å². The first-order chi connectivity index (χ1) is 15.7. The van der Waals surface area contributed by atoms with Gasteiger partial charge in [-0.25, -0.2) is 0 Å². The van der Waals surface area contributed by atoms with Crippen LogP contribution >= 0.6 is 0 Å². The Labute approximate surface area is 189 Å². The second kappa shape index (κ2) is 10.2. The Morgan fingerprint density at radius 2 is 1.44 bits per heavy atom. The van der Waals surface area contributed by atoms with E-state index in [1.54, 1.807) is 32.4 Å². The number of amides is 1. The molecule has 1 aliphatic rings. The van der Waals surface area contributed by atoms with Gasteiger partial charge in [-0.05, 0) is 42.0 Å². The molecule has 3 aromatic carbocycles. The highest BCUT2D eigenvalue weighted by Crippen LogP contribution is 2.29. The number of rotatable bonds is 7. The lowest BCUT2D eigenvalue weighted by Crippen LogP contribution is -2.45. The Kier molecular flexibility index (Phi) is 6.92. The third-order valence-electron chi connectivity index (χ3n) is 5.77. The molecule has 6 heteroatoms. The molecule has 0 aliphatic carbocycles. The van der Waals surface area contributed by atoms with Crippen molar-refractivity contribution in [1.29, 1.82) is 0 Å². The molecular weight excluding hydrogens is 402 g/mol. The number of piperazine rings is 1. The molecule has 0 radical (unpaired) electrons. The van der Waals surface area contributed by atoms with E-state index in [-0.39, 0.29) is 5.91 Å². The van der Waals surface area contributed by atoms with Crippen molar-refractivity contribution >= 4 is 17.3 Å². The minimum Gasteiger partial charge on any atom is -0.496 e. The van der Waals surface area contributed by atoms with Crippen LogP contribution in [0.2, 0.25) is 0 Å². The summed E-state index contributed by atoms with van der Waals surface area (Å²) in [5.74, 6) is 0.695. The van der Waals surface area contributed by atoms with E-state index >= 15 is 0 Å². The van der Waals surface area contributed by atoms with Gasteiger partial charge < -0.3 is 19.7 Å². The molecule has 4 rings (SSSR count). The van der Waals surface area contributed by atoms with Crippen LogP contribution in [-0.4, -0.2) is 51.2 Å². The molecule has 166 valence electrons. The molecule has 6 nitrogen and oxygen atoms in total. The zero-order valence-corrected chi connectivity index (χ0v) is 18.6. The lowest BCUT2D eigenvalue weighted by Gasteiger charge is -2.36. The predicted molar refractivity (Wildman–Crippen MR) is 128 cm³/mol. The summed E-state index contributed by atoms with van der Waals surface area (Å²) in [6.07, 6.45) is 0. The van der Waals surface area contributed by atoms with Gasteiger partial charge in [0.25, 0.3) is 5.91 Å². The summed E-state index contributed by atoms with van der Waals surface area (Å²) < 4.78 is 10.7. The second-order valence-electron chi connectivity index (χ2n) is 7.79. The van der Waals surface area contributed by atoms with Gasteiger partial charge in [0.2, 0.25) is 0 Å². The minimum atomic E-state index is -0.262. The SMILES string of the molecule is COc1cccc(OC)c1C(=O)Nc1ccc(N2CCN(Cc3ccccc3)CC2)cc1. The van der Waals surface area contributed by atoms with E-state index < -0.39 is 0 Å². The molecular formula is C26H29N3O3. The number of hydrogen-bond acceptors (Lipinski definition) is 5. The van der Waals surface area contributed by atoms with Crippen molar-refractivity contribution in [3.63, 3.8) is 0 Å². The molecule has 0 aromatic heterocycles. The van der Waals surface area contributed by atoms with Gasteiger partial charge in [0, 0.05) is 44.1 Å². The van der Waals surface area contributed by atoms with Gasteiger partial charge in [-0.3, -0.25) is 9.69 Å². The molecule has 0 spiro atoms. The smallest absolute Gasteiger partial charge is 0.263 e. The van der Waals surface area contributed by atoms with Crippen LogP contribution in [0.1, 0.15) is 15.9 Å². The summed E-state index contributed by atoms with van der Waals surface area (Å²) in [7, 11) is 3.08. The normalized spacial score (nSPS) is 14.1. The fourth-order valence-electron chi connectivity index (χ4n) is 4.03. The Hall–Kier alpha value is -3.51. The zero-order chi connectivity index (χ0) is 22.3. The van der Waals surface area contributed by atoms with Crippen molar-refractivity contribution in [3.8, 4) is 11.5 Å². The molecule has 1 saturated heterocycles. The van der Waals surface area contributed by atoms with Gasteiger partial charge in [-0.2, -0.15) is 0 Å². The summed E-state index contributed by atoms with van der Waals surface area (Å²) in [6.45, 7) is 5.02. The molecule has 3 aromatic rings. The van der Waals surface area contributed by atoms with Gasteiger partial charge in [0.05, 0.1) is 14.2 Å². The van der Waals surface area contributed by atoms with E-state index in [0.29, 0.717) is 17.1 Å². The Balaban J connectivity index is 1.36. The molecule has 0 bridgehead atoms. The fourth-order valence-corrected chi connectivity index (χ4v) is 4.03. The Bertz CT molecular complexity index is 1010. The van der Waals surface area contributed by atoms with E-state index in [2.05, 4.69) is 57.6 Å². The van der Waals surface area contributed by atoms with Crippen LogP contribution in [0.25, 0.3) is 0 Å². The number of methoxy groups -OCH3 is 2. The van der Waals surface area contributed by atoms with Gasteiger partial charge in [-0.15, -0.1) is 0 Å². The number of benzene rings is 3. The zero-order valence-electron chi connectivity index (χ0n) is 18.6. The molecule has 1 aliphatic heterocycles. The monoisotopic (exact) mass is 431 g/mol. The van der Waals surface area contributed by atoms with Gasteiger partial charge >= 0.3 is 0 Å². The summed E-state index contributed by atoms with van der Waals surface area (Å²) in [6, 6.07) is 23.9. The summed E-state index contributed by atoms with van der Waals surface area (Å²) in [5.41, 5.74) is 3.63. The Morgan fingerprint density at radius 1 is 0.812 bits per heavy atom. The highest BCUT2D eigenvalue weighted by Gasteiger charge is 2.19. The number of anilines is 2. The first kappa shape index (κ1) is 21.7. The first-order valence-electron chi connectivity index (χ1n) is 10.8. The summed E-state index contributed by atoms with van der Waals surface area (Å²) in [4.78, 5) is 17.7. The van der Waals surface area contributed by atoms with E-state index in [1.807, 2.05) is 12.1 Å². The average molecular weight is 432 g/mol. The molecule has 1 N–H and O–H groups in total. The van der Waals surface area contributed by atoms with Crippen LogP contribution in [-0.2, 0) is 6.54 Å². The largest absolute Gasteiger partial charge is 0.496 e. The summed E-state index contributed by atoms with van der Waals surface area (Å²) in [5, 5.41) is 2.95. The number of nitrogens with zero attached hydrogens (tertiary/aromatic N) is 2.